The van der Waals surface area contributed by atoms with E-state index >= 15 is 0 Å². The molecule has 0 spiro atoms. The van der Waals surface area contributed by atoms with Crippen molar-refractivity contribution in [3.8, 4) is 0 Å². The van der Waals surface area contributed by atoms with Crippen LogP contribution in [0, 0.1) is 6.92 Å². The SMILES string of the molecule is CCN1CCN(C(c2cccc(Br)c2)C2Sc3nc(C)nn3C2=O)CC1. The first kappa shape index (κ1) is 18.2. The fraction of sp³-hybridized carbons (Fsp3) is 0.500. The number of thioether (sulfide) groups is 1. The van der Waals surface area contributed by atoms with Gasteiger partial charge in [0.2, 0.25) is 0 Å². The first-order chi connectivity index (χ1) is 12.6. The summed E-state index contributed by atoms with van der Waals surface area (Å²) in [6, 6.07) is 8.34. The maximum atomic E-state index is 13.1. The van der Waals surface area contributed by atoms with Gasteiger partial charge in [0.15, 0.2) is 5.16 Å². The summed E-state index contributed by atoms with van der Waals surface area (Å²) in [5.74, 6) is 0.684. The maximum Gasteiger partial charge on any atom is 0.264 e. The first-order valence-corrected chi connectivity index (χ1v) is 10.6. The van der Waals surface area contributed by atoms with Crippen LogP contribution < -0.4 is 0 Å². The second kappa shape index (κ2) is 7.42. The number of nitrogens with zero attached hydrogens (tertiary/aromatic N) is 5. The summed E-state index contributed by atoms with van der Waals surface area (Å²) in [6.07, 6.45) is 0. The van der Waals surface area contributed by atoms with Crippen molar-refractivity contribution >= 4 is 33.6 Å². The molecule has 6 nitrogen and oxygen atoms in total. The molecular formula is C18H22BrN5OS. The van der Waals surface area contributed by atoms with E-state index in [-0.39, 0.29) is 17.2 Å². The molecule has 26 heavy (non-hydrogen) atoms. The van der Waals surface area contributed by atoms with Crippen molar-refractivity contribution in [2.75, 3.05) is 32.7 Å². The van der Waals surface area contributed by atoms with Crippen molar-refractivity contribution in [1.82, 2.24) is 24.6 Å². The molecule has 138 valence electrons. The molecule has 1 fully saturated rings. The third kappa shape index (κ3) is 3.35. The quantitative estimate of drug-likeness (QED) is 0.735. The average molecular weight is 436 g/mol. The fourth-order valence-corrected chi connectivity index (χ4v) is 5.44. The zero-order chi connectivity index (χ0) is 18.3. The number of likely N-dealkylation sites (N-methyl/N-ethyl adjacent to an activating group) is 1. The summed E-state index contributed by atoms with van der Waals surface area (Å²) in [7, 11) is 0. The lowest BCUT2D eigenvalue weighted by molar-refractivity contribution is 0.0739. The van der Waals surface area contributed by atoms with Gasteiger partial charge < -0.3 is 4.90 Å². The Morgan fingerprint density at radius 3 is 2.73 bits per heavy atom. The topological polar surface area (TPSA) is 54.3 Å². The summed E-state index contributed by atoms with van der Waals surface area (Å²) in [6.45, 7) is 9.09. The highest BCUT2D eigenvalue weighted by Crippen LogP contribution is 2.41. The van der Waals surface area contributed by atoms with Crippen LogP contribution in [-0.4, -0.2) is 68.4 Å². The number of halogens is 1. The van der Waals surface area contributed by atoms with Gasteiger partial charge in [-0.2, -0.15) is 4.68 Å². The highest BCUT2D eigenvalue weighted by molar-refractivity contribution is 9.10. The van der Waals surface area contributed by atoms with Gasteiger partial charge in [0.25, 0.3) is 5.91 Å². The molecule has 0 saturated carbocycles. The lowest BCUT2D eigenvalue weighted by Gasteiger charge is -2.40. The third-order valence-electron chi connectivity index (χ3n) is 5.09. The number of hydrogen-bond donors (Lipinski definition) is 0. The molecule has 2 aliphatic heterocycles. The summed E-state index contributed by atoms with van der Waals surface area (Å²) < 4.78 is 2.52. The van der Waals surface area contributed by atoms with Crippen molar-refractivity contribution in [1.29, 1.82) is 0 Å². The van der Waals surface area contributed by atoms with Gasteiger partial charge in [-0.3, -0.25) is 9.69 Å². The summed E-state index contributed by atoms with van der Waals surface area (Å²) in [4.78, 5) is 22.4. The third-order valence-corrected chi connectivity index (χ3v) is 6.77. The fourth-order valence-electron chi connectivity index (χ4n) is 3.72. The van der Waals surface area contributed by atoms with Crippen LogP contribution in [0.15, 0.2) is 33.9 Å². The zero-order valence-corrected chi connectivity index (χ0v) is 17.3. The minimum Gasteiger partial charge on any atom is -0.301 e. The van der Waals surface area contributed by atoms with Crippen LogP contribution in [0.4, 0.5) is 0 Å². The number of carbonyl (C=O) groups excluding carboxylic acids is 1. The number of rotatable bonds is 4. The Morgan fingerprint density at radius 1 is 1.31 bits per heavy atom. The second-order valence-corrected chi connectivity index (χ2v) is 8.72. The van der Waals surface area contributed by atoms with Crippen molar-refractivity contribution in [2.45, 2.75) is 30.3 Å². The maximum absolute atomic E-state index is 13.1. The van der Waals surface area contributed by atoms with Crippen molar-refractivity contribution in [3.05, 3.63) is 40.1 Å². The van der Waals surface area contributed by atoms with Crippen molar-refractivity contribution < 1.29 is 4.79 Å². The molecule has 1 saturated heterocycles. The molecule has 1 aromatic heterocycles. The van der Waals surface area contributed by atoms with E-state index in [1.807, 2.05) is 19.1 Å². The molecular weight excluding hydrogens is 414 g/mol. The zero-order valence-electron chi connectivity index (χ0n) is 14.9. The number of benzene rings is 1. The molecule has 0 bridgehead atoms. The van der Waals surface area contributed by atoms with E-state index < -0.39 is 0 Å². The van der Waals surface area contributed by atoms with E-state index in [1.54, 1.807) is 11.8 Å². The molecule has 2 aliphatic rings. The number of aryl methyl sites for hydroxylation is 1. The molecule has 0 N–H and O–H groups in total. The monoisotopic (exact) mass is 435 g/mol. The van der Waals surface area contributed by atoms with Gasteiger partial charge in [-0.1, -0.05) is 46.7 Å². The molecule has 3 heterocycles. The van der Waals surface area contributed by atoms with Crippen LogP contribution in [0.3, 0.4) is 0 Å². The van der Waals surface area contributed by atoms with E-state index in [2.05, 4.69) is 54.9 Å². The lowest BCUT2D eigenvalue weighted by Crippen LogP contribution is -2.50. The molecule has 4 rings (SSSR count). The Balaban J connectivity index is 1.65. The minimum atomic E-state index is -0.215. The number of piperazine rings is 1. The van der Waals surface area contributed by atoms with E-state index in [0.29, 0.717) is 11.0 Å². The summed E-state index contributed by atoms with van der Waals surface area (Å²) >= 11 is 5.12. The Bertz CT molecular complexity index is 818. The Hall–Kier alpha value is -1.22. The van der Waals surface area contributed by atoms with Gasteiger partial charge in [0.05, 0.1) is 6.04 Å². The summed E-state index contributed by atoms with van der Waals surface area (Å²) in [5.41, 5.74) is 1.16. The van der Waals surface area contributed by atoms with Crippen molar-refractivity contribution in [2.24, 2.45) is 0 Å². The molecule has 0 amide bonds. The number of aromatic nitrogens is 3. The van der Waals surface area contributed by atoms with Gasteiger partial charge in [0, 0.05) is 30.7 Å². The molecule has 0 aliphatic carbocycles. The largest absolute Gasteiger partial charge is 0.301 e. The first-order valence-electron chi connectivity index (χ1n) is 8.93. The van der Waals surface area contributed by atoms with Gasteiger partial charge in [0.1, 0.15) is 11.1 Å². The van der Waals surface area contributed by atoms with Crippen LogP contribution in [0.5, 0.6) is 0 Å². The molecule has 8 heteroatoms. The molecule has 2 unspecified atom stereocenters. The van der Waals surface area contributed by atoms with Crippen LogP contribution >= 0.6 is 27.7 Å². The molecule has 2 atom stereocenters. The molecule has 0 radical (unpaired) electrons. The predicted octanol–water partition coefficient (Wildman–Crippen LogP) is 2.84. The average Bonchev–Trinajstić information content (AvgIpc) is 3.14. The molecule has 1 aromatic carbocycles. The van der Waals surface area contributed by atoms with Crippen LogP contribution in [0.25, 0.3) is 0 Å². The Labute approximate surface area is 166 Å². The normalized spacial score (nSPS) is 22.6. The van der Waals surface area contributed by atoms with E-state index in [9.17, 15) is 4.79 Å². The Morgan fingerprint density at radius 2 is 2.08 bits per heavy atom. The lowest BCUT2D eigenvalue weighted by atomic mass is 10.00. The van der Waals surface area contributed by atoms with Gasteiger partial charge in [-0.05, 0) is 31.2 Å². The van der Waals surface area contributed by atoms with Crippen LogP contribution in [-0.2, 0) is 0 Å². The van der Waals surface area contributed by atoms with E-state index in [1.165, 1.54) is 4.68 Å². The van der Waals surface area contributed by atoms with Crippen LogP contribution in [0.2, 0.25) is 0 Å². The molecule has 2 aromatic rings. The van der Waals surface area contributed by atoms with E-state index in [4.69, 9.17) is 0 Å². The summed E-state index contributed by atoms with van der Waals surface area (Å²) in [5, 5.41) is 4.78. The number of fused-ring (bicyclic) bond motifs is 1. The Kier molecular flexibility index (Phi) is 5.18. The van der Waals surface area contributed by atoms with Crippen molar-refractivity contribution in [3.63, 3.8) is 0 Å². The minimum absolute atomic E-state index is 0.0211. The van der Waals surface area contributed by atoms with Gasteiger partial charge in [-0.15, -0.1) is 5.10 Å². The highest BCUT2D eigenvalue weighted by Gasteiger charge is 2.43. The highest BCUT2D eigenvalue weighted by atomic mass is 79.9. The standard InChI is InChI=1S/C18H22BrN5OS/c1-3-22-7-9-23(10-8-22)15(13-5-4-6-14(19)11-13)16-17(25)24-18(26-16)20-12(2)21-24/h4-6,11,15-16H,3,7-10H2,1-2H3. The predicted molar refractivity (Wildman–Crippen MR) is 106 cm³/mol. The van der Waals surface area contributed by atoms with E-state index in [0.717, 1.165) is 42.8 Å². The van der Waals surface area contributed by atoms with Crippen LogP contribution in [0.1, 0.15) is 29.1 Å². The van der Waals surface area contributed by atoms with Gasteiger partial charge >= 0.3 is 0 Å². The number of carbonyl (C=O) groups is 1. The number of hydrogen-bond acceptors (Lipinski definition) is 6. The second-order valence-electron chi connectivity index (χ2n) is 6.70. The smallest absolute Gasteiger partial charge is 0.264 e. The van der Waals surface area contributed by atoms with Gasteiger partial charge in [-0.25, -0.2) is 4.98 Å².